The molecule has 0 aliphatic carbocycles. The van der Waals surface area contributed by atoms with E-state index in [4.69, 9.17) is 0 Å². The number of carbonyl (C=O) groups is 1. The Labute approximate surface area is 172 Å². The molecular formula is C23H42OSSn. The van der Waals surface area contributed by atoms with Crippen LogP contribution >= 0.6 is 11.8 Å². The second-order valence-corrected chi connectivity index (χ2v) is 23.2. The summed E-state index contributed by atoms with van der Waals surface area (Å²) in [5.74, 6) is 0. The Morgan fingerprint density at radius 2 is 1.27 bits per heavy atom. The first kappa shape index (κ1) is 26.0. The van der Waals surface area contributed by atoms with Crippen molar-refractivity contribution in [3.05, 3.63) is 34.5 Å². The zero-order valence-corrected chi connectivity index (χ0v) is 21.8. The molecule has 150 valence electrons. The predicted octanol–water partition coefficient (Wildman–Crippen LogP) is 8.10. The molecule has 0 unspecified atom stereocenters. The molecule has 0 aromatic rings. The standard InChI is InChI=1S/C11H15OS.3C4H9.Sn/c1-5-6-7-8-9-10(12)13-11(2,3)4;3*1-3-4-2;/h1,5-9H,2-4H3;3*1,3-4H2,2H3;/b5-1?,7-6+,9-8+;;;;. The van der Waals surface area contributed by atoms with E-state index in [2.05, 4.69) is 57.8 Å². The summed E-state index contributed by atoms with van der Waals surface area (Å²) in [7, 11) is 0. The van der Waals surface area contributed by atoms with Crippen LogP contribution in [-0.4, -0.2) is 28.2 Å². The number of thioether (sulfide) groups is 1. The van der Waals surface area contributed by atoms with E-state index < -0.39 is 18.4 Å². The summed E-state index contributed by atoms with van der Waals surface area (Å²) in [6.45, 7) is 13.2. The molecule has 0 radical (unpaired) electrons. The van der Waals surface area contributed by atoms with Gasteiger partial charge in [0.05, 0.1) is 0 Å². The van der Waals surface area contributed by atoms with Crippen molar-refractivity contribution >= 4 is 35.3 Å². The van der Waals surface area contributed by atoms with Crippen LogP contribution in [0.4, 0.5) is 0 Å². The van der Waals surface area contributed by atoms with Gasteiger partial charge in [0.25, 0.3) is 0 Å². The Hall–Kier alpha value is 0.0387. The van der Waals surface area contributed by atoms with E-state index in [1.54, 1.807) is 6.08 Å². The molecule has 0 heterocycles. The third kappa shape index (κ3) is 14.1. The molecule has 0 amide bonds. The minimum absolute atomic E-state index is 0.0169. The van der Waals surface area contributed by atoms with Gasteiger partial charge in [-0.15, -0.1) is 0 Å². The van der Waals surface area contributed by atoms with Crippen LogP contribution in [0.3, 0.4) is 0 Å². The van der Waals surface area contributed by atoms with E-state index in [9.17, 15) is 4.79 Å². The molecule has 26 heavy (non-hydrogen) atoms. The Balaban J connectivity index is 4.86. The van der Waals surface area contributed by atoms with E-state index in [-0.39, 0.29) is 9.86 Å². The van der Waals surface area contributed by atoms with Gasteiger partial charge in [0.1, 0.15) is 0 Å². The number of unbranched alkanes of at least 4 members (excludes halogenated alkanes) is 3. The van der Waals surface area contributed by atoms with Crippen LogP contribution in [0.15, 0.2) is 34.5 Å². The van der Waals surface area contributed by atoms with Crippen LogP contribution in [0, 0.1) is 0 Å². The number of rotatable bonds is 13. The molecular weight excluding hydrogens is 443 g/mol. The Bertz CT molecular complexity index is 436. The van der Waals surface area contributed by atoms with E-state index in [0.29, 0.717) is 0 Å². The summed E-state index contributed by atoms with van der Waals surface area (Å²) in [6, 6.07) is 0. The fourth-order valence-electron chi connectivity index (χ4n) is 3.07. The van der Waals surface area contributed by atoms with Crippen molar-refractivity contribution in [2.45, 2.75) is 98.1 Å². The summed E-state index contributed by atoms with van der Waals surface area (Å²) in [5, 5.41) is 0.133. The van der Waals surface area contributed by atoms with Crippen LogP contribution in [0.25, 0.3) is 0 Å². The third-order valence-electron chi connectivity index (χ3n) is 4.51. The van der Waals surface area contributed by atoms with Gasteiger partial charge >= 0.3 is 173 Å². The van der Waals surface area contributed by atoms with Crippen molar-refractivity contribution in [1.82, 2.24) is 0 Å². The minimum atomic E-state index is -2.15. The van der Waals surface area contributed by atoms with Crippen LogP contribution in [0.1, 0.15) is 80.1 Å². The van der Waals surface area contributed by atoms with Crippen LogP contribution in [0.2, 0.25) is 13.3 Å². The first-order valence-electron chi connectivity index (χ1n) is 10.5. The molecule has 0 spiro atoms. The SMILES string of the molecule is CCC[CH2][Sn](/[CH]=C/C=C/C=C/C(=O)SC(C)(C)C)([CH2]CCC)[CH2]CCC. The molecule has 0 fully saturated rings. The summed E-state index contributed by atoms with van der Waals surface area (Å²) in [4.78, 5) is 11.8. The molecule has 0 aliphatic rings. The zero-order valence-electron chi connectivity index (χ0n) is 18.1. The van der Waals surface area contributed by atoms with Crippen molar-refractivity contribution in [3.8, 4) is 0 Å². The quantitative estimate of drug-likeness (QED) is 0.149. The molecule has 0 N–H and O–H groups in total. The monoisotopic (exact) mass is 486 g/mol. The average Bonchev–Trinajstić information content (AvgIpc) is 2.57. The van der Waals surface area contributed by atoms with Gasteiger partial charge in [-0.25, -0.2) is 0 Å². The molecule has 0 bridgehead atoms. The number of carbonyl (C=O) groups excluding carboxylic acids is 1. The van der Waals surface area contributed by atoms with Gasteiger partial charge in [0.15, 0.2) is 0 Å². The Morgan fingerprint density at radius 1 is 0.808 bits per heavy atom. The molecule has 0 aromatic carbocycles. The van der Waals surface area contributed by atoms with Gasteiger partial charge in [-0.1, -0.05) is 0 Å². The molecule has 0 atom stereocenters. The first-order chi connectivity index (χ1) is 12.3. The second kappa shape index (κ2) is 15.0. The fourth-order valence-corrected chi connectivity index (χ4v) is 17.9. The van der Waals surface area contributed by atoms with Gasteiger partial charge < -0.3 is 0 Å². The fraction of sp³-hybridized carbons (Fsp3) is 0.696. The van der Waals surface area contributed by atoms with Crippen molar-refractivity contribution in [2.75, 3.05) is 0 Å². The van der Waals surface area contributed by atoms with Crippen LogP contribution in [0.5, 0.6) is 0 Å². The number of allylic oxidation sites excluding steroid dienone is 4. The third-order valence-corrected chi connectivity index (χ3v) is 19.6. The van der Waals surface area contributed by atoms with Crippen LogP contribution in [-0.2, 0) is 4.79 Å². The second-order valence-electron chi connectivity index (χ2n) is 8.31. The van der Waals surface area contributed by atoms with Crippen molar-refractivity contribution in [2.24, 2.45) is 0 Å². The van der Waals surface area contributed by atoms with Gasteiger partial charge in [-0.2, -0.15) is 0 Å². The van der Waals surface area contributed by atoms with E-state index in [0.717, 1.165) is 0 Å². The molecule has 1 nitrogen and oxygen atoms in total. The molecule has 0 aromatic heterocycles. The van der Waals surface area contributed by atoms with Crippen molar-refractivity contribution in [1.29, 1.82) is 0 Å². The van der Waals surface area contributed by atoms with Crippen molar-refractivity contribution in [3.63, 3.8) is 0 Å². The summed E-state index contributed by atoms with van der Waals surface area (Å²) in [5.41, 5.74) is 0. The van der Waals surface area contributed by atoms with E-state index in [1.807, 2.05) is 12.2 Å². The van der Waals surface area contributed by atoms with E-state index in [1.165, 1.54) is 63.6 Å². The molecule has 0 aliphatic heterocycles. The van der Waals surface area contributed by atoms with Gasteiger partial charge in [-0.3, -0.25) is 0 Å². The summed E-state index contributed by atoms with van der Waals surface area (Å²) in [6.07, 6.45) is 18.1. The van der Waals surface area contributed by atoms with Gasteiger partial charge in [-0.05, 0) is 0 Å². The molecule has 0 saturated carbocycles. The predicted molar refractivity (Wildman–Crippen MR) is 125 cm³/mol. The average molecular weight is 485 g/mol. The molecule has 0 rings (SSSR count). The number of hydrogen-bond donors (Lipinski definition) is 0. The van der Waals surface area contributed by atoms with Crippen molar-refractivity contribution < 1.29 is 4.79 Å². The maximum atomic E-state index is 11.8. The molecule has 3 heteroatoms. The zero-order chi connectivity index (χ0) is 19.9. The summed E-state index contributed by atoms with van der Waals surface area (Å²) < 4.78 is 7.16. The Kier molecular flexibility index (Phi) is 15.0. The van der Waals surface area contributed by atoms with Crippen LogP contribution < -0.4 is 0 Å². The molecule has 0 saturated heterocycles. The first-order valence-corrected chi connectivity index (χ1v) is 19.1. The topological polar surface area (TPSA) is 17.1 Å². The van der Waals surface area contributed by atoms with Gasteiger partial charge in [0.2, 0.25) is 0 Å². The summed E-state index contributed by atoms with van der Waals surface area (Å²) >= 11 is -0.761. The maximum absolute atomic E-state index is 11.8. The Morgan fingerprint density at radius 3 is 1.69 bits per heavy atom. The van der Waals surface area contributed by atoms with E-state index >= 15 is 0 Å². The van der Waals surface area contributed by atoms with Gasteiger partial charge in [0, 0.05) is 0 Å². The number of hydrogen-bond acceptors (Lipinski definition) is 2. The normalized spacial score (nSPS) is 13.5.